The fourth-order valence-corrected chi connectivity index (χ4v) is 1.24. The summed E-state index contributed by atoms with van der Waals surface area (Å²) in [6, 6.07) is 5.85. The molecule has 4 nitrogen and oxygen atoms in total. The molecular weight excluding hydrogens is 202 g/mol. The van der Waals surface area contributed by atoms with Crippen molar-refractivity contribution in [2.24, 2.45) is 5.92 Å². The molecule has 16 heavy (non-hydrogen) atoms. The van der Waals surface area contributed by atoms with Gasteiger partial charge in [0.05, 0.1) is 6.61 Å². The van der Waals surface area contributed by atoms with E-state index >= 15 is 0 Å². The van der Waals surface area contributed by atoms with E-state index in [2.05, 4.69) is 29.5 Å². The van der Waals surface area contributed by atoms with Crippen molar-refractivity contribution < 1.29 is 4.74 Å². The molecule has 1 aromatic heterocycles. The second-order valence-corrected chi connectivity index (χ2v) is 4.05. The van der Waals surface area contributed by atoms with Crippen LogP contribution in [0.2, 0.25) is 0 Å². The van der Waals surface area contributed by atoms with Crippen molar-refractivity contribution in [3.8, 4) is 0 Å². The molecule has 0 aliphatic rings. The van der Waals surface area contributed by atoms with E-state index in [0.717, 1.165) is 24.8 Å². The van der Waals surface area contributed by atoms with Gasteiger partial charge in [-0.25, -0.2) is 4.98 Å². The maximum atomic E-state index is 5.47. The lowest BCUT2D eigenvalue weighted by Crippen LogP contribution is -2.13. The maximum absolute atomic E-state index is 5.47. The third-order valence-electron chi connectivity index (χ3n) is 2.01. The first-order chi connectivity index (χ1) is 7.72. The van der Waals surface area contributed by atoms with Crippen molar-refractivity contribution in [3.05, 3.63) is 18.2 Å². The number of anilines is 2. The fraction of sp³-hybridized carbons (Fsp3) is 0.583. The Morgan fingerprint density at radius 1 is 1.31 bits per heavy atom. The highest BCUT2D eigenvalue weighted by atomic mass is 16.5. The number of ether oxygens (including phenoxy) is 1. The standard InChI is InChI=1S/C12H21N3O/c1-10(2)9-16-8-7-14-12-6-4-5-11(13-3)15-12/h4-6,10H,7-9H2,1-3H3,(H2,13,14,15). The summed E-state index contributed by atoms with van der Waals surface area (Å²) in [5.41, 5.74) is 0. The molecule has 0 radical (unpaired) electrons. The summed E-state index contributed by atoms with van der Waals surface area (Å²) in [7, 11) is 1.86. The molecule has 0 saturated carbocycles. The van der Waals surface area contributed by atoms with Gasteiger partial charge in [0.25, 0.3) is 0 Å². The molecule has 0 amide bonds. The number of hydrogen-bond donors (Lipinski definition) is 2. The number of nitrogens with zero attached hydrogens (tertiary/aromatic N) is 1. The average molecular weight is 223 g/mol. The van der Waals surface area contributed by atoms with Gasteiger partial charge >= 0.3 is 0 Å². The zero-order valence-corrected chi connectivity index (χ0v) is 10.3. The van der Waals surface area contributed by atoms with Crippen LogP contribution in [0.1, 0.15) is 13.8 Å². The normalized spacial score (nSPS) is 10.5. The Balaban J connectivity index is 2.21. The van der Waals surface area contributed by atoms with Gasteiger partial charge in [-0.2, -0.15) is 0 Å². The van der Waals surface area contributed by atoms with E-state index in [9.17, 15) is 0 Å². The first-order valence-electron chi connectivity index (χ1n) is 5.69. The minimum absolute atomic E-state index is 0.589. The second kappa shape index (κ2) is 7.06. The quantitative estimate of drug-likeness (QED) is 0.696. The van der Waals surface area contributed by atoms with E-state index in [0.29, 0.717) is 12.5 Å². The van der Waals surface area contributed by atoms with Crippen molar-refractivity contribution in [2.45, 2.75) is 13.8 Å². The van der Waals surface area contributed by atoms with E-state index < -0.39 is 0 Å². The Labute approximate surface area is 97.4 Å². The SMILES string of the molecule is CNc1cccc(NCCOCC(C)C)n1. The minimum Gasteiger partial charge on any atom is -0.379 e. The molecule has 0 unspecified atom stereocenters. The molecule has 90 valence electrons. The Bertz CT molecular complexity index is 302. The van der Waals surface area contributed by atoms with Gasteiger partial charge in [-0.3, -0.25) is 0 Å². The van der Waals surface area contributed by atoms with Gasteiger partial charge in [-0.05, 0) is 18.1 Å². The van der Waals surface area contributed by atoms with Crippen LogP contribution in [-0.2, 0) is 4.74 Å². The van der Waals surface area contributed by atoms with Crippen molar-refractivity contribution >= 4 is 11.6 Å². The minimum atomic E-state index is 0.589. The molecule has 2 N–H and O–H groups in total. The largest absolute Gasteiger partial charge is 0.379 e. The van der Waals surface area contributed by atoms with Gasteiger partial charge in [0.2, 0.25) is 0 Å². The van der Waals surface area contributed by atoms with Crippen molar-refractivity contribution in [1.29, 1.82) is 0 Å². The Morgan fingerprint density at radius 2 is 2.06 bits per heavy atom. The molecule has 0 bridgehead atoms. The average Bonchev–Trinajstić information content (AvgIpc) is 2.28. The lowest BCUT2D eigenvalue weighted by Gasteiger charge is -2.09. The van der Waals surface area contributed by atoms with E-state index in [1.54, 1.807) is 0 Å². The third kappa shape index (κ3) is 4.98. The van der Waals surface area contributed by atoms with Crippen LogP contribution < -0.4 is 10.6 Å². The van der Waals surface area contributed by atoms with Crippen LogP contribution in [0.5, 0.6) is 0 Å². The summed E-state index contributed by atoms with van der Waals surface area (Å²) in [6.45, 7) is 6.60. The first kappa shape index (κ1) is 12.8. The fourth-order valence-electron chi connectivity index (χ4n) is 1.24. The van der Waals surface area contributed by atoms with E-state index in [1.807, 2.05) is 25.2 Å². The topological polar surface area (TPSA) is 46.2 Å². The number of nitrogens with one attached hydrogen (secondary N) is 2. The smallest absolute Gasteiger partial charge is 0.128 e. The molecule has 1 rings (SSSR count). The van der Waals surface area contributed by atoms with Gasteiger partial charge in [-0.1, -0.05) is 19.9 Å². The summed E-state index contributed by atoms with van der Waals surface area (Å²) in [4.78, 5) is 4.35. The molecule has 1 heterocycles. The van der Waals surface area contributed by atoms with Crippen LogP contribution in [0.4, 0.5) is 11.6 Å². The highest BCUT2D eigenvalue weighted by molar-refractivity contribution is 5.44. The van der Waals surface area contributed by atoms with Crippen molar-refractivity contribution in [1.82, 2.24) is 4.98 Å². The summed E-state index contributed by atoms with van der Waals surface area (Å²) in [6.07, 6.45) is 0. The highest BCUT2D eigenvalue weighted by Crippen LogP contribution is 2.07. The number of pyridine rings is 1. The van der Waals surface area contributed by atoms with Crippen molar-refractivity contribution in [3.63, 3.8) is 0 Å². The molecule has 0 atom stereocenters. The first-order valence-corrected chi connectivity index (χ1v) is 5.69. The van der Waals surface area contributed by atoms with Crippen LogP contribution >= 0.6 is 0 Å². The second-order valence-electron chi connectivity index (χ2n) is 4.05. The molecule has 4 heteroatoms. The molecule has 0 aliphatic heterocycles. The molecule has 0 aromatic carbocycles. The Hall–Kier alpha value is -1.29. The Kier molecular flexibility index (Phi) is 5.64. The molecule has 0 aliphatic carbocycles. The highest BCUT2D eigenvalue weighted by Gasteiger charge is 1.96. The zero-order valence-electron chi connectivity index (χ0n) is 10.3. The summed E-state index contributed by atoms with van der Waals surface area (Å²) < 4.78 is 5.47. The monoisotopic (exact) mass is 223 g/mol. The van der Waals surface area contributed by atoms with Crippen LogP contribution in [0.15, 0.2) is 18.2 Å². The van der Waals surface area contributed by atoms with Crippen molar-refractivity contribution in [2.75, 3.05) is 37.4 Å². The maximum Gasteiger partial charge on any atom is 0.128 e. The van der Waals surface area contributed by atoms with Gasteiger partial charge in [0, 0.05) is 20.2 Å². The number of aromatic nitrogens is 1. The summed E-state index contributed by atoms with van der Waals surface area (Å²) in [5, 5.41) is 6.22. The zero-order chi connectivity index (χ0) is 11.8. The lowest BCUT2D eigenvalue weighted by molar-refractivity contribution is 0.118. The lowest BCUT2D eigenvalue weighted by atomic mass is 10.2. The number of hydrogen-bond acceptors (Lipinski definition) is 4. The molecular formula is C12H21N3O. The predicted molar refractivity (Wildman–Crippen MR) is 67.9 cm³/mol. The van der Waals surface area contributed by atoms with Gasteiger partial charge in [0.1, 0.15) is 11.6 Å². The molecule has 0 fully saturated rings. The van der Waals surface area contributed by atoms with E-state index in [4.69, 9.17) is 4.74 Å². The number of rotatable bonds is 7. The van der Waals surface area contributed by atoms with Crippen LogP contribution in [0.3, 0.4) is 0 Å². The summed E-state index contributed by atoms with van der Waals surface area (Å²) in [5.74, 6) is 2.33. The van der Waals surface area contributed by atoms with Crippen LogP contribution in [-0.4, -0.2) is 31.8 Å². The molecule has 0 saturated heterocycles. The van der Waals surface area contributed by atoms with Gasteiger partial charge < -0.3 is 15.4 Å². The molecule has 1 aromatic rings. The Morgan fingerprint density at radius 3 is 2.75 bits per heavy atom. The van der Waals surface area contributed by atoms with E-state index in [-0.39, 0.29) is 0 Å². The van der Waals surface area contributed by atoms with Crippen LogP contribution in [0, 0.1) is 5.92 Å². The van der Waals surface area contributed by atoms with Crippen LogP contribution in [0.25, 0.3) is 0 Å². The third-order valence-corrected chi connectivity index (χ3v) is 2.01. The molecule has 0 spiro atoms. The summed E-state index contributed by atoms with van der Waals surface area (Å²) >= 11 is 0. The predicted octanol–water partition coefficient (Wildman–Crippen LogP) is 2.21. The van der Waals surface area contributed by atoms with E-state index in [1.165, 1.54) is 0 Å². The van der Waals surface area contributed by atoms with Gasteiger partial charge in [0.15, 0.2) is 0 Å². The van der Waals surface area contributed by atoms with Gasteiger partial charge in [-0.15, -0.1) is 0 Å².